The number of carbonyl (C=O) groups is 2. The lowest BCUT2D eigenvalue weighted by Gasteiger charge is -2.32. The SMILES string of the molecule is CCNC(=O)[C@H](C)N(Cc1ccccc1F)C(=O)CN(c1ccc(C)c(Cl)c1)S(=O)(=O)c1ccc(C)cc1. The first-order chi connectivity index (χ1) is 17.9. The number of anilines is 1. The molecule has 1 N–H and O–H groups in total. The Bertz CT molecular complexity index is 1410. The first-order valence-corrected chi connectivity index (χ1v) is 13.9. The fraction of sp³-hybridized carbons (Fsp3) is 0.286. The Morgan fingerprint density at radius 2 is 1.68 bits per heavy atom. The predicted molar refractivity (Wildman–Crippen MR) is 147 cm³/mol. The third kappa shape index (κ3) is 6.71. The lowest BCUT2D eigenvalue weighted by Crippen LogP contribution is -2.51. The number of hydrogen-bond acceptors (Lipinski definition) is 4. The molecule has 1 atom stereocenters. The van der Waals surface area contributed by atoms with Crippen LogP contribution in [0.15, 0.2) is 71.6 Å². The number of halogens is 2. The van der Waals surface area contributed by atoms with Crippen molar-refractivity contribution in [3.63, 3.8) is 0 Å². The Balaban J connectivity index is 2.07. The number of rotatable bonds is 10. The average Bonchev–Trinajstić information content (AvgIpc) is 2.88. The quantitative estimate of drug-likeness (QED) is 0.385. The van der Waals surface area contributed by atoms with Gasteiger partial charge in [-0.2, -0.15) is 0 Å². The molecule has 0 heterocycles. The number of carbonyl (C=O) groups excluding carboxylic acids is 2. The Labute approximate surface area is 228 Å². The van der Waals surface area contributed by atoms with Gasteiger partial charge < -0.3 is 10.2 Å². The third-order valence-electron chi connectivity index (χ3n) is 6.15. The van der Waals surface area contributed by atoms with Crippen LogP contribution in [0.4, 0.5) is 10.1 Å². The van der Waals surface area contributed by atoms with Crippen molar-refractivity contribution in [2.75, 3.05) is 17.4 Å². The molecule has 0 aliphatic rings. The monoisotopic (exact) mass is 559 g/mol. The molecule has 0 saturated carbocycles. The summed E-state index contributed by atoms with van der Waals surface area (Å²) in [6, 6.07) is 15.9. The van der Waals surface area contributed by atoms with Gasteiger partial charge in [-0.25, -0.2) is 12.8 Å². The van der Waals surface area contributed by atoms with Gasteiger partial charge in [-0.05, 0) is 63.6 Å². The van der Waals surface area contributed by atoms with E-state index in [4.69, 9.17) is 11.6 Å². The topological polar surface area (TPSA) is 86.8 Å². The molecule has 10 heteroatoms. The fourth-order valence-corrected chi connectivity index (χ4v) is 5.40. The predicted octanol–water partition coefficient (Wildman–Crippen LogP) is 4.84. The van der Waals surface area contributed by atoms with E-state index in [1.54, 1.807) is 44.2 Å². The van der Waals surface area contributed by atoms with Crippen LogP contribution < -0.4 is 9.62 Å². The summed E-state index contributed by atoms with van der Waals surface area (Å²) < 4.78 is 43.1. The second-order valence-corrected chi connectivity index (χ2v) is 11.2. The number of nitrogens with one attached hydrogen (secondary N) is 1. The van der Waals surface area contributed by atoms with Crippen LogP contribution >= 0.6 is 11.6 Å². The minimum Gasteiger partial charge on any atom is -0.355 e. The Morgan fingerprint density at radius 1 is 1.03 bits per heavy atom. The second-order valence-electron chi connectivity index (χ2n) is 8.94. The third-order valence-corrected chi connectivity index (χ3v) is 8.34. The van der Waals surface area contributed by atoms with E-state index >= 15 is 0 Å². The highest BCUT2D eigenvalue weighted by Crippen LogP contribution is 2.29. The minimum atomic E-state index is -4.21. The molecular weight excluding hydrogens is 529 g/mol. The molecular formula is C28H31ClFN3O4S. The first-order valence-electron chi connectivity index (χ1n) is 12.1. The van der Waals surface area contributed by atoms with Crippen molar-refractivity contribution >= 4 is 39.1 Å². The van der Waals surface area contributed by atoms with Crippen molar-refractivity contribution in [1.82, 2.24) is 10.2 Å². The lowest BCUT2D eigenvalue weighted by atomic mass is 10.1. The molecule has 3 aromatic carbocycles. The molecule has 0 radical (unpaired) electrons. The van der Waals surface area contributed by atoms with Crippen LogP contribution in [0.1, 0.15) is 30.5 Å². The summed E-state index contributed by atoms with van der Waals surface area (Å²) in [5.74, 6) is -1.66. The van der Waals surface area contributed by atoms with Crippen molar-refractivity contribution in [2.45, 2.75) is 45.2 Å². The van der Waals surface area contributed by atoms with Gasteiger partial charge in [0.05, 0.1) is 10.6 Å². The fourth-order valence-electron chi connectivity index (χ4n) is 3.82. The summed E-state index contributed by atoms with van der Waals surface area (Å²) >= 11 is 6.31. The Kier molecular flexibility index (Phi) is 9.51. The summed E-state index contributed by atoms with van der Waals surface area (Å²) in [7, 11) is -4.21. The summed E-state index contributed by atoms with van der Waals surface area (Å²) in [5.41, 5.74) is 1.99. The van der Waals surface area contributed by atoms with Gasteiger partial charge >= 0.3 is 0 Å². The highest BCUT2D eigenvalue weighted by atomic mass is 35.5. The zero-order valence-electron chi connectivity index (χ0n) is 21.7. The van der Waals surface area contributed by atoms with E-state index in [0.29, 0.717) is 11.6 Å². The summed E-state index contributed by atoms with van der Waals surface area (Å²) in [6.07, 6.45) is 0. The number of aryl methyl sites for hydroxylation is 2. The van der Waals surface area contributed by atoms with Crippen LogP contribution in [0.3, 0.4) is 0 Å². The Morgan fingerprint density at radius 3 is 2.29 bits per heavy atom. The van der Waals surface area contributed by atoms with Crippen LogP contribution in [0.25, 0.3) is 0 Å². The zero-order valence-corrected chi connectivity index (χ0v) is 23.3. The summed E-state index contributed by atoms with van der Waals surface area (Å²) in [4.78, 5) is 27.6. The van der Waals surface area contributed by atoms with Gasteiger partial charge in [0.2, 0.25) is 11.8 Å². The minimum absolute atomic E-state index is 0.00924. The van der Waals surface area contributed by atoms with Gasteiger partial charge in [-0.1, -0.05) is 53.6 Å². The van der Waals surface area contributed by atoms with Crippen molar-refractivity contribution in [2.24, 2.45) is 0 Å². The van der Waals surface area contributed by atoms with Gasteiger partial charge in [-0.15, -0.1) is 0 Å². The molecule has 0 saturated heterocycles. The molecule has 202 valence electrons. The summed E-state index contributed by atoms with van der Waals surface area (Å²) in [6.45, 7) is 6.35. The molecule has 0 spiro atoms. The molecule has 3 aromatic rings. The van der Waals surface area contributed by atoms with E-state index in [0.717, 1.165) is 15.4 Å². The van der Waals surface area contributed by atoms with E-state index < -0.39 is 40.2 Å². The molecule has 0 aromatic heterocycles. The molecule has 0 unspecified atom stereocenters. The van der Waals surface area contributed by atoms with Crippen LogP contribution in [-0.4, -0.2) is 44.3 Å². The maximum Gasteiger partial charge on any atom is 0.264 e. The molecule has 0 bridgehead atoms. The van der Waals surface area contributed by atoms with Crippen molar-refractivity contribution < 1.29 is 22.4 Å². The van der Waals surface area contributed by atoms with E-state index in [1.165, 1.54) is 48.2 Å². The smallest absolute Gasteiger partial charge is 0.264 e. The lowest BCUT2D eigenvalue weighted by molar-refractivity contribution is -0.139. The van der Waals surface area contributed by atoms with Crippen molar-refractivity contribution in [3.8, 4) is 0 Å². The molecule has 3 rings (SSSR count). The van der Waals surface area contributed by atoms with E-state index in [1.807, 2.05) is 6.92 Å². The maximum absolute atomic E-state index is 14.5. The molecule has 0 fully saturated rings. The van der Waals surface area contributed by atoms with Crippen molar-refractivity contribution in [1.29, 1.82) is 0 Å². The van der Waals surface area contributed by atoms with Gasteiger partial charge in [-0.3, -0.25) is 13.9 Å². The number of benzene rings is 3. The van der Waals surface area contributed by atoms with Gasteiger partial charge in [0, 0.05) is 23.7 Å². The Hall–Kier alpha value is -3.43. The van der Waals surface area contributed by atoms with E-state index in [9.17, 15) is 22.4 Å². The van der Waals surface area contributed by atoms with Crippen LogP contribution in [0.2, 0.25) is 5.02 Å². The maximum atomic E-state index is 14.5. The van der Waals surface area contributed by atoms with E-state index in [2.05, 4.69) is 5.32 Å². The standard InChI is InChI=1S/C28H31ClFN3O4S/c1-5-31-28(35)21(4)32(17-22-8-6-7-9-26(22)30)27(34)18-33(23-13-12-20(3)25(29)16-23)38(36,37)24-14-10-19(2)11-15-24/h6-16,21H,5,17-18H2,1-4H3,(H,31,35)/t21-/m0/s1. The molecule has 38 heavy (non-hydrogen) atoms. The molecule has 7 nitrogen and oxygen atoms in total. The molecule has 0 aliphatic carbocycles. The number of nitrogens with zero attached hydrogens (tertiary/aromatic N) is 2. The van der Waals surface area contributed by atoms with Crippen LogP contribution in [0.5, 0.6) is 0 Å². The van der Waals surface area contributed by atoms with E-state index in [-0.39, 0.29) is 22.7 Å². The average molecular weight is 560 g/mol. The molecule has 2 amide bonds. The highest BCUT2D eigenvalue weighted by molar-refractivity contribution is 7.92. The summed E-state index contributed by atoms with van der Waals surface area (Å²) in [5, 5.41) is 3.00. The van der Waals surface area contributed by atoms with Gasteiger partial charge in [0.25, 0.3) is 10.0 Å². The van der Waals surface area contributed by atoms with Gasteiger partial charge in [0.1, 0.15) is 18.4 Å². The number of amides is 2. The van der Waals surface area contributed by atoms with Crippen LogP contribution in [-0.2, 0) is 26.2 Å². The van der Waals surface area contributed by atoms with Gasteiger partial charge in [0.15, 0.2) is 0 Å². The van der Waals surface area contributed by atoms with Crippen molar-refractivity contribution in [3.05, 3.63) is 94.3 Å². The largest absolute Gasteiger partial charge is 0.355 e. The molecule has 0 aliphatic heterocycles. The normalized spacial score (nSPS) is 12.1. The second kappa shape index (κ2) is 12.4. The van der Waals surface area contributed by atoms with Crippen LogP contribution in [0, 0.1) is 19.7 Å². The number of likely N-dealkylation sites (N-methyl/N-ethyl adjacent to an activating group) is 1. The number of hydrogen-bond donors (Lipinski definition) is 1. The first kappa shape index (κ1) is 29.1. The highest BCUT2D eigenvalue weighted by Gasteiger charge is 2.33. The zero-order chi connectivity index (χ0) is 28.0. The number of sulfonamides is 1.